The lowest BCUT2D eigenvalue weighted by molar-refractivity contribution is 0.0955. The van der Waals surface area contributed by atoms with Crippen molar-refractivity contribution < 1.29 is 14.6 Å². The number of benzene rings is 2. The van der Waals surface area contributed by atoms with Crippen LogP contribution >= 0.6 is 24.0 Å². The molecule has 0 aromatic heterocycles. The standard InChI is InChI=1S/C17H20N4O3.HI/c1-24-15-8-4-13(5-9-15)21-17(18)20-11-10-19-16(23)12-2-6-14(22)7-3-12;/h2-9,22H,10-11H2,1H3,(H,19,23)(H3,18,20,21);1H. The Bertz CT molecular complexity index is 703. The largest absolute Gasteiger partial charge is 0.508 e. The summed E-state index contributed by atoms with van der Waals surface area (Å²) in [6, 6.07) is 13.3. The van der Waals surface area contributed by atoms with Crippen molar-refractivity contribution in [1.82, 2.24) is 5.32 Å². The second kappa shape index (κ2) is 10.4. The number of carbonyl (C=O) groups is 1. The van der Waals surface area contributed by atoms with Crippen LogP contribution in [0.5, 0.6) is 11.5 Å². The number of ether oxygens (including phenoxy) is 1. The molecule has 1 amide bonds. The number of anilines is 1. The summed E-state index contributed by atoms with van der Waals surface area (Å²) in [4.78, 5) is 16.0. The van der Waals surface area contributed by atoms with E-state index >= 15 is 0 Å². The predicted octanol–water partition coefficient (Wildman–Crippen LogP) is 2.18. The van der Waals surface area contributed by atoms with Crippen molar-refractivity contribution in [1.29, 1.82) is 0 Å². The molecule has 2 rings (SSSR count). The zero-order valence-corrected chi connectivity index (χ0v) is 16.1. The zero-order valence-electron chi connectivity index (χ0n) is 13.7. The van der Waals surface area contributed by atoms with Crippen LogP contribution in [0.3, 0.4) is 0 Å². The SMILES string of the molecule is COc1ccc(NC(N)=NCCNC(=O)c2ccc(O)cc2)cc1.I. The number of phenols is 1. The summed E-state index contributed by atoms with van der Waals surface area (Å²) in [5.41, 5.74) is 7.06. The number of amides is 1. The fraction of sp³-hybridized carbons (Fsp3) is 0.176. The number of halogens is 1. The highest BCUT2D eigenvalue weighted by atomic mass is 127. The molecule has 8 heteroatoms. The molecule has 2 aromatic carbocycles. The van der Waals surface area contributed by atoms with E-state index in [4.69, 9.17) is 10.5 Å². The molecule has 0 heterocycles. The van der Waals surface area contributed by atoms with Gasteiger partial charge in [0.15, 0.2) is 5.96 Å². The molecule has 0 atom stereocenters. The van der Waals surface area contributed by atoms with Crippen LogP contribution in [0.1, 0.15) is 10.4 Å². The van der Waals surface area contributed by atoms with E-state index in [1.54, 1.807) is 19.2 Å². The van der Waals surface area contributed by atoms with Gasteiger partial charge < -0.3 is 26.2 Å². The lowest BCUT2D eigenvalue weighted by Crippen LogP contribution is -2.28. The van der Waals surface area contributed by atoms with Gasteiger partial charge in [0.1, 0.15) is 11.5 Å². The first-order valence-corrected chi connectivity index (χ1v) is 7.36. The lowest BCUT2D eigenvalue weighted by Gasteiger charge is -2.07. The van der Waals surface area contributed by atoms with Crippen LogP contribution in [-0.2, 0) is 0 Å². The van der Waals surface area contributed by atoms with Gasteiger partial charge in [-0.15, -0.1) is 24.0 Å². The van der Waals surface area contributed by atoms with Crippen LogP contribution in [0.25, 0.3) is 0 Å². The van der Waals surface area contributed by atoms with Crippen molar-refractivity contribution in [2.45, 2.75) is 0 Å². The van der Waals surface area contributed by atoms with Crippen molar-refractivity contribution >= 4 is 41.5 Å². The summed E-state index contributed by atoms with van der Waals surface area (Å²) in [5, 5.41) is 14.9. The Morgan fingerprint density at radius 3 is 2.40 bits per heavy atom. The summed E-state index contributed by atoms with van der Waals surface area (Å²) in [6.07, 6.45) is 0. The molecule has 0 radical (unpaired) electrons. The Hall–Kier alpha value is -2.49. The number of nitrogens with two attached hydrogens (primary N) is 1. The Morgan fingerprint density at radius 1 is 1.16 bits per heavy atom. The van der Waals surface area contributed by atoms with Crippen molar-refractivity contribution in [3.05, 3.63) is 54.1 Å². The molecule has 0 saturated heterocycles. The molecule has 0 unspecified atom stereocenters. The number of methoxy groups -OCH3 is 1. The van der Waals surface area contributed by atoms with Crippen LogP contribution in [0.2, 0.25) is 0 Å². The highest BCUT2D eigenvalue weighted by molar-refractivity contribution is 14.0. The highest BCUT2D eigenvalue weighted by Crippen LogP contribution is 2.14. The topological polar surface area (TPSA) is 109 Å². The Kier molecular flexibility index (Phi) is 8.54. The molecular formula is C17H21IN4O3. The van der Waals surface area contributed by atoms with E-state index in [2.05, 4.69) is 15.6 Å². The van der Waals surface area contributed by atoms with Crippen LogP contribution in [0.4, 0.5) is 5.69 Å². The van der Waals surface area contributed by atoms with E-state index in [0.717, 1.165) is 11.4 Å². The number of hydrogen-bond donors (Lipinski definition) is 4. The highest BCUT2D eigenvalue weighted by Gasteiger charge is 2.04. The van der Waals surface area contributed by atoms with E-state index in [9.17, 15) is 9.90 Å². The molecule has 134 valence electrons. The molecule has 0 fully saturated rings. The normalized spacial score (nSPS) is 10.5. The van der Waals surface area contributed by atoms with Crippen molar-refractivity contribution in [3.63, 3.8) is 0 Å². The molecule has 0 bridgehead atoms. The molecule has 5 N–H and O–H groups in total. The third-order valence-corrected chi connectivity index (χ3v) is 3.17. The van der Waals surface area contributed by atoms with Gasteiger partial charge in [0.05, 0.1) is 13.7 Å². The number of guanidine groups is 1. The first kappa shape index (κ1) is 20.6. The predicted molar refractivity (Wildman–Crippen MR) is 109 cm³/mol. The first-order chi connectivity index (χ1) is 11.6. The van der Waals surface area contributed by atoms with Crippen LogP contribution < -0.4 is 21.1 Å². The molecule has 2 aromatic rings. The summed E-state index contributed by atoms with van der Waals surface area (Å²) < 4.78 is 5.08. The third-order valence-electron chi connectivity index (χ3n) is 3.17. The van der Waals surface area contributed by atoms with Crippen molar-refractivity contribution in [3.8, 4) is 11.5 Å². The number of carbonyl (C=O) groups excluding carboxylic acids is 1. The van der Waals surface area contributed by atoms with Crippen molar-refractivity contribution in [2.75, 3.05) is 25.5 Å². The fourth-order valence-corrected chi connectivity index (χ4v) is 1.92. The molecule has 0 saturated carbocycles. The summed E-state index contributed by atoms with van der Waals surface area (Å²) in [5.74, 6) is 0.910. The molecule has 0 aliphatic heterocycles. The fourth-order valence-electron chi connectivity index (χ4n) is 1.92. The quantitative estimate of drug-likeness (QED) is 0.231. The maximum atomic E-state index is 11.9. The minimum absolute atomic E-state index is 0. The van der Waals surface area contributed by atoms with Gasteiger partial charge in [-0.05, 0) is 48.5 Å². The maximum Gasteiger partial charge on any atom is 0.251 e. The molecule has 0 aliphatic carbocycles. The maximum absolute atomic E-state index is 11.9. The van der Waals surface area contributed by atoms with E-state index in [0.29, 0.717) is 18.7 Å². The summed E-state index contributed by atoms with van der Waals surface area (Å²) >= 11 is 0. The van der Waals surface area contributed by atoms with E-state index in [1.165, 1.54) is 12.1 Å². The van der Waals surface area contributed by atoms with Gasteiger partial charge in [-0.3, -0.25) is 9.79 Å². The Labute approximate surface area is 163 Å². The first-order valence-electron chi connectivity index (χ1n) is 7.36. The molecule has 0 aliphatic rings. The third kappa shape index (κ3) is 6.87. The molecular weight excluding hydrogens is 435 g/mol. The number of nitrogens with one attached hydrogen (secondary N) is 2. The van der Waals surface area contributed by atoms with Crippen LogP contribution in [0, 0.1) is 0 Å². The molecule has 25 heavy (non-hydrogen) atoms. The average molecular weight is 456 g/mol. The molecule has 0 spiro atoms. The van der Waals surface area contributed by atoms with Gasteiger partial charge in [-0.25, -0.2) is 0 Å². The Morgan fingerprint density at radius 2 is 1.80 bits per heavy atom. The van der Waals surface area contributed by atoms with Gasteiger partial charge >= 0.3 is 0 Å². The second-order valence-electron chi connectivity index (χ2n) is 4.92. The molecule has 7 nitrogen and oxygen atoms in total. The minimum Gasteiger partial charge on any atom is -0.508 e. The number of hydrogen-bond acceptors (Lipinski definition) is 4. The van der Waals surface area contributed by atoms with Crippen LogP contribution in [-0.4, -0.2) is 37.2 Å². The monoisotopic (exact) mass is 456 g/mol. The minimum atomic E-state index is -0.230. The van der Waals surface area contributed by atoms with Gasteiger partial charge in [0.25, 0.3) is 5.91 Å². The number of aromatic hydroxyl groups is 1. The van der Waals surface area contributed by atoms with Crippen LogP contribution in [0.15, 0.2) is 53.5 Å². The number of phenolic OH excluding ortho intramolecular Hbond substituents is 1. The number of nitrogens with zero attached hydrogens (tertiary/aromatic N) is 1. The number of rotatable bonds is 6. The van der Waals surface area contributed by atoms with E-state index < -0.39 is 0 Å². The van der Waals surface area contributed by atoms with E-state index in [-0.39, 0.29) is 41.6 Å². The lowest BCUT2D eigenvalue weighted by atomic mass is 10.2. The summed E-state index contributed by atoms with van der Waals surface area (Å²) in [7, 11) is 1.60. The van der Waals surface area contributed by atoms with E-state index in [1.807, 2.05) is 24.3 Å². The zero-order chi connectivity index (χ0) is 17.4. The Balaban J connectivity index is 0.00000312. The smallest absolute Gasteiger partial charge is 0.251 e. The van der Waals surface area contributed by atoms with Gasteiger partial charge in [0.2, 0.25) is 0 Å². The van der Waals surface area contributed by atoms with Gasteiger partial charge in [0, 0.05) is 17.8 Å². The average Bonchev–Trinajstić information content (AvgIpc) is 2.60. The van der Waals surface area contributed by atoms with Crippen molar-refractivity contribution in [2.24, 2.45) is 10.7 Å². The summed E-state index contributed by atoms with van der Waals surface area (Å²) in [6.45, 7) is 0.698. The van der Waals surface area contributed by atoms with Gasteiger partial charge in [-0.2, -0.15) is 0 Å². The van der Waals surface area contributed by atoms with Gasteiger partial charge in [-0.1, -0.05) is 0 Å². The number of aliphatic imine (C=N–C) groups is 1. The second-order valence-corrected chi connectivity index (χ2v) is 4.92.